The lowest BCUT2D eigenvalue weighted by molar-refractivity contribution is -0.130. The van der Waals surface area contributed by atoms with Crippen LogP contribution in [0.5, 0.6) is 0 Å². The molecule has 15 heavy (non-hydrogen) atoms. The standard InChI is InChI=1S/C11H13Cl2NO/c1-3-10(15)14(2)7-8-5-4-6-9(12)11(8)13/h4-6H,3,7H2,1-2H3. The molecule has 0 saturated heterocycles. The maximum atomic E-state index is 11.4. The quantitative estimate of drug-likeness (QED) is 0.800. The summed E-state index contributed by atoms with van der Waals surface area (Å²) in [6.45, 7) is 2.32. The zero-order valence-electron chi connectivity index (χ0n) is 8.76. The van der Waals surface area contributed by atoms with Gasteiger partial charge in [-0.1, -0.05) is 42.3 Å². The van der Waals surface area contributed by atoms with Gasteiger partial charge in [0.15, 0.2) is 0 Å². The number of amides is 1. The van der Waals surface area contributed by atoms with E-state index in [0.717, 1.165) is 5.56 Å². The highest BCUT2D eigenvalue weighted by Crippen LogP contribution is 2.26. The summed E-state index contributed by atoms with van der Waals surface area (Å²) in [5, 5.41) is 1.04. The van der Waals surface area contributed by atoms with Gasteiger partial charge in [0.25, 0.3) is 0 Å². The van der Waals surface area contributed by atoms with Crippen LogP contribution in [0.15, 0.2) is 18.2 Å². The van der Waals surface area contributed by atoms with Gasteiger partial charge in [0.1, 0.15) is 0 Å². The van der Waals surface area contributed by atoms with Gasteiger partial charge in [-0.25, -0.2) is 0 Å². The Morgan fingerprint density at radius 3 is 2.67 bits per heavy atom. The molecule has 0 radical (unpaired) electrons. The van der Waals surface area contributed by atoms with Crippen molar-refractivity contribution in [3.05, 3.63) is 33.8 Å². The highest BCUT2D eigenvalue weighted by molar-refractivity contribution is 6.42. The van der Waals surface area contributed by atoms with E-state index in [1.54, 1.807) is 18.0 Å². The molecule has 82 valence electrons. The summed E-state index contributed by atoms with van der Waals surface area (Å²) in [4.78, 5) is 13.0. The van der Waals surface area contributed by atoms with Crippen molar-refractivity contribution < 1.29 is 4.79 Å². The number of rotatable bonds is 3. The minimum Gasteiger partial charge on any atom is -0.341 e. The highest BCUT2D eigenvalue weighted by atomic mass is 35.5. The summed E-state index contributed by atoms with van der Waals surface area (Å²) >= 11 is 11.9. The molecule has 0 spiro atoms. The highest BCUT2D eigenvalue weighted by Gasteiger charge is 2.10. The molecular formula is C11H13Cl2NO. The van der Waals surface area contributed by atoms with Crippen molar-refractivity contribution >= 4 is 29.1 Å². The first-order chi connectivity index (χ1) is 7.06. The Morgan fingerprint density at radius 1 is 1.40 bits per heavy atom. The molecule has 0 aromatic heterocycles. The smallest absolute Gasteiger partial charge is 0.222 e. The van der Waals surface area contributed by atoms with E-state index >= 15 is 0 Å². The molecule has 1 amide bonds. The number of nitrogens with zero attached hydrogens (tertiary/aromatic N) is 1. The van der Waals surface area contributed by atoms with Crippen molar-refractivity contribution in [2.24, 2.45) is 0 Å². The van der Waals surface area contributed by atoms with E-state index in [2.05, 4.69) is 0 Å². The summed E-state index contributed by atoms with van der Waals surface area (Å²) in [7, 11) is 1.75. The van der Waals surface area contributed by atoms with Crippen molar-refractivity contribution in [3.63, 3.8) is 0 Å². The van der Waals surface area contributed by atoms with Crippen molar-refractivity contribution in [3.8, 4) is 0 Å². The van der Waals surface area contributed by atoms with Gasteiger partial charge in [0, 0.05) is 20.0 Å². The van der Waals surface area contributed by atoms with E-state index < -0.39 is 0 Å². The van der Waals surface area contributed by atoms with Gasteiger partial charge in [0.2, 0.25) is 5.91 Å². The van der Waals surface area contributed by atoms with E-state index in [-0.39, 0.29) is 5.91 Å². The van der Waals surface area contributed by atoms with E-state index in [1.807, 2.05) is 19.1 Å². The Labute approximate surface area is 99.8 Å². The zero-order valence-corrected chi connectivity index (χ0v) is 10.3. The van der Waals surface area contributed by atoms with Gasteiger partial charge in [-0.2, -0.15) is 0 Å². The van der Waals surface area contributed by atoms with Gasteiger partial charge in [-0.15, -0.1) is 0 Å². The zero-order chi connectivity index (χ0) is 11.4. The van der Waals surface area contributed by atoms with Crippen LogP contribution in [0.4, 0.5) is 0 Å². The van der Waals surface area contributed by atoms with Crippen LogP contribution in [0.3, 0.4) is 0 Å². The molecule has 0 fully saturated rings. The molecular weight excluding hydrogens is 233 g/mol. The molecule has 1 aromatic rings. The van der Waals surface area contributed by atoms with Crippen LogP contribution in [0, 0.1) is 0 Å². The Kier molecular flexibility index (Phi) is 4.43. The number of halogens is 2. The molecule has 0 atom stereocenters. The normalized spacial score (nSPS) is 10.1. The van der Waals surface area contributed by atoms with Crippen molar-refractivity contribution in [1.29, 1.82) is 0 Å². The van der Waals surface area contributed by atoms with E-state index in [4.69, 9.17) is 23.2 Å². The Balaban J connectivity index is 2.81. The first-order valence-corrected chi connectivity index (χ1v) is 5.48. The predicted octanol–water partition coefficient (Wildman–Crippen LogP) is 3.36. The SMILES string of the molecule is CCC(=O)N(C)Cc1cccc(Cl)c1Cl. The fraction of sp³-hybridized carbons (Fsp3) is 0.364. The molecule has 0 saturated carbocycles. The fourth-order valence-electron chi connectivity index (χ4n) is 1.28. The number of hydrogen-bond donors (Lipinski definition) is 0. The molecule has 4 heteroatoms. The second-order valence-corrected chi connectivity index (χ2v) is 4.10. The summed E-state index contributed by atoms with van der Waals surface area (Å²) in [6.07, 6.45) is 0.495. The Hall–Kier alpha value is -0.730. The molecule has 0 heterocycles. The fourth-order valence-corrected chi connectivity index (χ4v) is 1.66. The van der Waals surface area contributed by atoms with Crippen LogP contribution < -0.4 is 0 Å². The molecule has 0 N–H and O–H groups in total. The van der Waals surface area contributed by atoms with Gasteiger partial charge in [-0.05, 0) is 11.6 Å². The van der Waals surface area contributed by atoms with E-state index in [1.165, 1.54) is 0 Å². The second-order valence-electron chi connectivity index (χ2n) is 3.32. The minimum atomic E-state index is 0.0889. The molecule has 1 aromatic carbocycles. The molecule has 2 nitrogen and oxygen atoms in total. The summed E-state index contributed by atoms with van der Waals surface area (Å²) < 4.78 is 0. The van der Waals surface area contributed by atoms with Crippen LogP contribution in [-0.4, -0.2) is 17.9 Å². The van der Waals surface area contributed by atoms with Crippen LogP contribution >= 0.6 is 23.2 Å². The molecule has 0 aliphatic heterocycles. The second kappa shape index (κ2) is 5.38. The molecule has 0 aliphatic carbocycles. The average molecular weight is 246 g/mol. The Bertz CT molecular complexity index is 366. The Morgan fingerprint density at radius 2 is 2.07 bits per heavy atom. The maximum absolute atomic E-state index is 11.4. The number of carbonyl (C=O) groups excluding carboxylic acids is 1. The molecule has 0 bridgehead atoms. The van der Waals surface area contributed by atoms with E-state index in [9.17, 15) is 4.79 Å². The van der Waals surface area contributed by atoms with Gasteiger partial charge < -0.3 is 4.90 Å². The first kappa shape index (κ1) is 12.3. The van der Waals surface area contributed by atoms with Crippen LogP contribution in [-0.2, 0) is 11.3 Å². The third-order valence-electron chi connectivity index (χ3n) is 2.17. The van der Waals surface area contributed by atoms with Crippen molar-refractivity contribution in [2.75, 3.05) is 7.05 Å². The maximum Gasteiger partial charge on any atom is 0.222 e. The lowest BCUT2D eigenvalue weighted by Crippen LogP contribution is -2.25. The van der Waals surface area contributed by atoms with Crippen LogP contribution in [0.1, 0.15) is 18.9 Å². The molecule has 1 rings (SSSR count). The monoisotopic (exact) mass is 245 g/mol. The van der Waals surface area contributed by atoms with Gasteiger partial charge in [0.05, 0.1) is 10.0 Å². The van der Waals surface area contributed by atoms with Crippen LogP contribution in [0.25, 0.3) is 0 Å². The third kappa shape index (κ3) is 3.11. The number of benzene rings is 1. The van der Waals surface area contributed by atoms with Gasteiger partial charge >= 0.3 is 0 Å². The molecule has 0 aliphatic rings. The summed E-state index contributed by atoms with van der Waals surface area (Å²) in [5.74, 6) is 0.0889. The minimum absolute atomic E-state index is 0.0889. The number of carbonyl (C=O) groups is 1. The van der Waals surface area contributed by atoms with E-state index in [0.29, 0.717) is 23.0 Å². The lowest BCUT2D eigenvalue weighted by atomic mass is 10.2. The van der Waals surface area contributed by atoms with Crippen molar-refractivity contribution in [2.45, 2.75) is 19.9 Å². The average Bonchev–Trinajstić information content (AvgIpc) is 2.23. The summed E-state index contributed by atoms with van der Waals surface area (Å²) in [6, 6.07) is 5.43. The molecule has 0 unspecified atom stereocenters. The topological polar surface area (TPSA) is 20.3 Å². The number of hydrogen-bond acceptors (Lipinski definition) is 1. The third-order valence-corrected chi connectivity index (χ3v) is 3.03. The first-order valence-electron chi connectivity index (χ1n) is 4.73. The van der Waals surface area contributed by atoms with Crippen LogP contribution in [0.2, 0.25) is 10.0 Å². The lowest BCUT2D eigenvalue weighted by Gasteiger charge is -2.17. The van der Waals surface area contributed by atoms with Gasteiger partial charge in [-0.3, -0.25) is 4.79 Å². The van der Waals surface area contributed by atoms with Crippen molar-refractivity contribution in [1.82, 2.24) is 4.90 Å². The summed E-state index contributed by atoms with van der Waals surface area (Å²) in [5.41, 5.74) is 0.869. The predicted molar refractivity (Wildman–Crippen MR) is 63.2 cm³/mol. The largest absolute Gasteiger partial charge is 0.341 e.